The minimum atomic E-state index is -1.06. The number of esters is 1. The fraction of sp³-hybridized carbons (Fsp3) is 0.0833. The van der Waals surface area contributed by atoms with E-state index >= 15 is 0 Å². The van der Waals surface area contributed by atoms with E-state index in [0.717, 1.165) is 4.68 Å². The van der Waals surface area contributed by atoms with E-state index in [9.17, 15) is 14.4 Å². The SMILES string of the molecule is CC(OC(=O)c1nn(-c2ccccc2)c(=O)c2ccccc12)C(=O)Nc1ccccc1. The van der Waals surface area contributed by atoms with Gasteiger partial charge in [0.25, 0.3) is 11.5 Å². The highest BCUT2D eigenvalue weighted by atomic mass is 16.5. The molecule has 3 aromatic carbocycles. The number of anilines is 1. The molecule has 4 aromatic rings. The van der Waals surface area contributed by atoms with Crippen LogP contribution in [0.15, 0.2) is 89.7 Å². The van der Waals surface area contributed by atoms with Gasteiger partial charge < -0.3 is 10.1 Å². The molecular weight excluding hydrogens is 394 g/mol. The first kappa shape index (κ1) is 20.0. The van der Waals surface area contributed by atoms with Crippen LogP contribution < -0.4 is 10.9 Å². The third-order valence-corrected chi connectivity index (χ3v) is 4.69. The first-order valence-corrected chi connectivity index (χ1v) is 9.69. The van der Waals surface area contributed by atoms with E-state index in [2.05, 4.69) is 10.4 Å². The third-order valence-electron chi connectivity index (χ3n) is 4.69. The molecule has 1 atom stereocenters. The van der Waals surface area contributed by atoms with Gasteiger partial charge in [-0.1, -0.05) is 54.6 Å². The quantitative estimate of drug-likeness (QED) is 0.505. The van der Waals surface area contributed by atoms with Crippen LogP contribution in [0.1, 0.15) is 17.4 Å². The van der Waals surface area contributed by atoms with Crippen molar-refractivity contribution in [3.8, 4) is 5.69 Å². The summed E-state index contributed by atoms with van der Waals surface area (Å²) in [5, 5.41) is 7.65. The molecule has 0 aliphatic carbocycles. The van der Waals surface area contributed by atoms with Crippen LogP contribution in [0.3, 0.4) is 0 Å². The highest BCUT2D eigenvalue weighted by Crippen LogP contribution is 2.17. The Morgan fingerprint density at radius 1 is 0.871 bits per heavy atom. The summed E-state index contributed by atoms with van der Waals surface area (Å²) < 4.78 is 6.54. The molecule has 4 rings (SSSR count). The van der Waals surface area contributed by atoms with Crippen molar-refractivity contribution < 1.29 is 14.3 Å². The number of amides is 1. The normalized spacial score (nSPS) is 11.6. The number of fused-ring (bicyclic) bond motifs is 1. The number of carbonyl (C=O) groups excluding carboxylic acids is 2. The summed E-state index contributed by atoms with van der Waals surface area (Å²) in [6.45, 7) is 1.48. The standard InChI is InChI=1S/C24H19N3O4/c1-16(22(28)25-17-10-4-2-5-11-17)31-24(30)21-19-14-8-9-15-20(19)23(29)27(26-21)18-12-6-3-7-13-18/h2-16H,1H3,(H,25,28). The van der Waals surface area contributed by atoms with Gasteiger partial charge in [0.15, 0.2) is 11.8 Å². The van der Waals surface area contributed by atoms with Crippen LogP contribution in [0, 0.1) is 0 Å². The number of rotatable bonds is 5. The molecule has 0 fully saturated rings. The van der Waals surface area contributed by atoms with E-state index in [4.69, 9.17) is 4.74 Å². The van der Waals surface area contributed by atoms with Crippen LogP contribution >= 0.6 is 0 Å². The van der Waals surface area contributed by atoms with Crippen molar-refractivity contribution in [2.24, 2.45) is 0 Å². The number of ether oxygens (including phenoxy) is 1. The molecule has 0 aliphatic heterocycles. The zero-order chi connectivity index (χ0) is 21.8. The van der Waals surface area contributed by atoms with Crippen LogP contribution in [0.2, 0.25) is 0 Å². The predicted octanol–water partition coefficient (Wildman–Crippen LogP) is 3.57. The van der Waals surface area contributed by atoms with Crippen LogP contribution in [0.5, 0.6) is 0 Å². The molecule has 0 radical (unpaired) electrons. The van der Waals surface area contributed by atoms with Crippen LogP contribution in [-0.2, 0) is 9.53 Å². The van der Waals surface area contributed by atoms with Crippen LogP contribution in [0.4, 0.5) is 5.69 Å². The van der Waals surface area contributed by atoms with Crippen LogP contribution in [-0.4, -0.2) is 27.8 Å². The molecule has 7 nitrogen and oxygen atoms in total. The van der Waals surface area contributed by atoms with Gasteiger partial charge in [0.1, 0.15) is 0 Å². The Bertz CT molecular complexity index is 1300. The summed E-state index contributed by atoms with van der Waals surface area (Å²) in [6.07, 6.45) is -1.06. The maximum atomic E-state index is 12.9. The molecule has 0 saturated carbocycles. The Kier molecular flexibility index (Phi) is 5.57. The van der Waals surface area contributed by atoms with Gasteiger partial charge in [-0.05, 0) is 37.3 Å². The number of aromatic nitrogens is 2. The molecule has 1 heterocycles. The Balaban J connectivity index is 1.67. The van der Waals surface area contributed by atoms with E-state index in [-0.39, 0.29) is 11.3 Å². The molecule has 0 saturated heterocycles. The lowest BCUT2D eigenvalue weighted by atomic mass is 10.1. The molecule has 1 amide bonds. The van der Waals surface area contributed by atoms with E-state index < -0.39 is 18.0 Å². The Morgan fingerprint density at radius 3 is 2.13 bits per heavy atom. The Morgan fingerprint density at radius 2 is 1.45 bits per heavy atom. The highest BCUT2D eigenvalue weighted by molar-refractivity contribution is 6.03. The molecule has 1 unspecified atom stereocenters. The number of hydrogen-bond donors (Lipinski definition) is 1. The van der Waals surface area contributed by atoms with Crippen molar-refractivity contribution in [3.63, 3.8) is 0 Å². The largest absolute Gasteiger partial charge is 0.448 e. The minimum absolute atomic E-state index is 0.0431. The lowest BCUT2D eigenvalue weighted by molar-refractivity contribution is -0.123. The lowest BCUT2D eigenvalue weighted by Gasteiger charge is -2.15. The molecule has 1 aromatic heterocycles. The van der Waals surface area contributed by atoms with Crippen molar-refractivity contribution >= 4 is 28.3 Å². The number of hydrogen-bond acceptors (Lipinski definition) is 5. The Hall–Kier alpha value is -4.26. The van der Waals surface area contributed by atoms with Gasteiger partial charge in [0.05, 0.1) is 11.1 Å². The molecule has 1 N–H and O–H groups in total. The average molecular weight is 413 g/mol. The van der Waals surface area contributed by atoms with E-state index in [1.54, 1.807) is 72.8 Å². The topological polar surface area (TPSA) is 90.3 Å². The zero-order valence-electron chi connectivity index (χ0n) is 16.7. The second-order valence-electron chi connectivity index (χ2n) is 6.85. The molecule has 0 spiro atoms. The van der Waals surface area contributed by atoms with Gasteiger partial charge >= 0.3 is 5.97 Å². The smallest absolute Gasteiger partial charge is 0.360 e. The number of nitrogens with zero attached hydrogens (tertiary/aromatic N) is 2. The number of nitrogens with one attached hydrogen (secondary N) is 1. The molecule has 154 valence electrons. The zero-order valence-corrected chi connectivity index (χ0v) is 16.7. The van der Waals surface area contributed by atoms with E-state index in [0.29, 0.717) is 22.1 Å². The van der Waals surface area contributed by atoms with Crippen molar-refractivity contribution in [2.75, 3.05) is 5.32 Å². The first-order valence-electron chi connectivity index (χ1n) is 9.69. The van der Waals surface area contributed by atoms with Crippen molar-refractivity contribution in [1.82, 2.24) is 9.78 Å². The van der Waals surface area contributed by atoms with Crippen LogP contribution in [0.25, 0.3) is 16.5 Å². The number of carbonyl (C=O) groups is 2. The summed E-state index contributed by atoms with van der Waals surface area (Å²) in [5.41, 5.74) is 0.713. The number of benzene rings is 3. The van der Waals surface area contributed by atoms with Gasteiger partial charge in [-0.3, -0.25) is 9.59 Å². The first-order chi connectivity index (χ1) is 15.0. The molecule has 7 heteroatoms. The van der Waals surface area contributed by atoms with Gasteiger partial charge in [-0.15, -0.1) is 0 Å². The van der Waals surface area contributed by atoms with Gasteiger partial charge in [0, 0.05) is 11.1 Å². The van der Waals surface area contributed by atoms with Gasteiger partial charge in [-0.25, -0.2) is 4.79 Å². The fourth-order valence-corrected chi connectivity index (χ4v) is 3.12. The lowest BCUT2D eigenvalue weighted by Crippen LogP contribution is -2.31. The maximum Gasteiger partial charge on any atom is 0.360 e. The Labute approximate surface area is 177 Å². The molecule has 0 aliphatic rings. The number of para-hydroxylation sites is 2. The summed E-state index contributed by atoms with van der Waals surface area (Å²) in [5.74, 6) is -1.27. The molecule has 0 bridgehead atoms. The predicted molar refractivity (Wildman–Crippen MR) is 117 cm³/mol. The summed E-state index contributed by atoms with van der Waals surface area (Å²) in [7, 11) is 0. The maximum absolute atomic E-state index is 12.9. The van der Waals surface area contributed by atoms with E-state index in [1.165, 1.54) is 6.92 Å². The highest BCUT2D eigenvalue weighted by Gasteiger charge is 2.23. The minimum Gasteiger partial charge on any atom is -0.448 e. The van der Waals surface area contributed by atoms with Crippen molar-refractivity contribution in [1.29, 1.82) is 0 Å². The van der Waals surface area contributed by atoms with Crippen molar-refractivity contribution in [2.45, 2.75) is 13.0 Å². The molecule has 31 heavy (non-hydrogen) atoms. The second kappa shape index (κ2) is 8.62. The van der Waals surface area contributed by atoms with E-state index in [1.807, 2.05) is 12.1 Å². The molecular formula is C24H19N3O4. The second-order valence-corrected chi connectivity index (χ2v) is 6.85. The van der Waals surface area contributed by atoms with Crippen molar-refractivity contribution in [3.05, 3.63) is 101 Å². The summed E-state index contributed by atoms with van der Waals surface area (Å²) in [6, 6.07) is 24.3. The van der Waals surface area contributed by atoms with Gasteiger partial charge in [0.2, 0.25) is 0 Å². The summed E-state index contributed by atoms with van der Waals surface area (Å²) in [4.78, 5) is 38.3. The monoisotopic (exact) mass is 413 g/mol. The summed E-state index contributed by atoms with van der Waals surface area (Å²) >= 11 is 0. The fourth-order valence-electron chi connectivity index (χ4n) is 3.12. The average Bonchev–Trinajstić information content (AvgIpc) is 2.80. The third kappa shape index (κ3) is 4.20. The van der Waals surface area contributed by atoms with Gasteiger partial charge in [-0.2, -0.15) is 9.78 Å².